The first-order valence-corrected chi connectivity index (χ1v) is 7.98. The monoisotopic (exact) mass is 311 g/mol. The predicted molar refractivity (Wildman–Crippen MR) is 79.3 cm³/mol. The topological polar surface area (TPSA) is 72.9 Å². The fourth-order valence-corrected chi connectivity index (χ4v) is 2.83. The number of amides is 1. The molecule has 1 heterocycles. The molecule has 2 aliphatic rings. The van der Waals surface area contributed by atoms with E-state index in [0.29, 0.717) is 0 Å². The minimum Gasteiger partial charge on any atom is -0.461 e. The largest absolute Gasteiger partial charge is 0.461 e. The second-order valence-electron chi connectivity index (χ2n) is 7.03. The van der Waals surface area contributed by atoms with E-state index in [9.17, 15) is 14.4 Å². The van der Waals surface area contributed by atoms with E-state index in [1.165, 1.54) is 4.90 Å². The number of ether oxygens (including phenoxy) is 2. The molecule has 22 heavy (non-hydrogen) atoms. The number of Topliss-reactive ketones (excluding diaryl/α,β-unsaturated/α-hetero) is 1. The lowest BCUT2D eigenvalue weighted by Gasteiger charge is -2.35. The molecule has 1 saturated carbocycles. The summed E-state index contributed by atoms with van der Waals surface area (Å²) in [5.41, 5.74) is -0.640. The van der Waals surface area contributed by atoms with Crippen molar-refractivity contribution in [3.05, 3.63) is 0 Å². The van der Waals surface area contributed by atoms with Crippen LogP contribution >= 0.6 is 0 Å². The van der Waals surface area contributed by atoms with Gasteiger partial charge in [0.2, 0.25) is 0 Å². The van der Waals surface area contributed by atoms with E-state index >= 15 is 0 Å². The van der Waals surface area contributed by atoms with E-state index in [-0.39, 0.29) is 31.3 Å². The highest BCUT2D eigenvalue weighted by Crippen LogP contribution is 2.24. The van der Waals surface area contributed by atoms with Crippen molar-refractivity contribution < 1.29 is 23.9 Å². The molecule has 1 aliphatic heterocycles. The number of carbonyl (C=O) groups is 3. The molecule has 0 N–H and O–H groups in total. The molecule has 0 aromatic heterocycles. The summed E-state index contributed by atoms with van der Waals surface area (Å²) in [4.78, 5) is 37.6. The number of hydrogen-bond acceptors (Lipinski definition) is 5. The Morgan fingerprint density at radius 2 is 1.82 bits per heavy atom. The summed E-state index contributed by atoms with van der Waals surface area (Å²) in [6.45, 7) is 5.52. The third-order valence-electron chi connectivity index (χ3n) is 3.91. The zero-order valence-corrected chi connectivity index (χ0v) is 13.6. The van der Waals surface area contributed by atoms with Crippen LogP contribution in [-0.4, -0.2) is 47.0 Å². The van der Waals surface area contributed by atoms with Gasteiger partial charge >= 0.3 is 12.1 Å². The number of ketones is 1. The predicted octanol–water partition coefficient (Wildman–Crippen LogP) is 2.44. The summed E-state index contributed by atoms with van der Waals surface area (Å²) in [5, 5.41) is 0. The van der Waals surface area contributed by atoms with Crippen molar-refractivity contribution in [2.24, 2.45) is 0 Å². The van der Waals surface area contributed by atoms with Crippen molar-refractivity contribution >= 4 is 17.8 Å². The Bertz CT molecular complexity index is 448. The van der Waals surface area contributed by atoms with E-state index < -0.39 is 23.7 Å². The Morgan fingerprint density at radius 3 is 2.41 bits per heavy atom. The van der Waals surface area contributed by atoms with Crippen molar-refractivity contribution in [1.29, 1.82) is 0 Å². The number of likely N-dealkylation sites (tertiary alicyclic amines) is 1. The fraction of sp³-hybridized carbons (Fsp3) is 0.812. The van der Waals surface area contributed by atoms with Gasteiger partial charge < -0.3 is 9.47 Å². The highest BCUT2D eigenvalue weighted by molar-refractivity contribution is 5.91. The first-order valence-electron chi connectivity index (χ1n) is 7.98. The number of rotatable bonds is 2. The van der Waals surface area contributed by atoms with E-state index in [1.807, 2.05) is 0 Å². The molecule has 6 heteroatoms. The second-order valence-corrected chi connectivity index (χ2v) is 7.03. The van der Waals surface area contributed by atoms with Crippen molar-refractivity contribution in [1.82, 2.24) is 4.90 Å². The summed E-state index contributed by atoms with van der Waals surface area (Å²) in [5.74, 6) is -0.501. The van der Waals surface area contributed by atoms with Gasteiger partial charge in [-0.15, -0.1) is 0 Å². The van der Waals surface area contributed by atoms with Crippen LogP contribution in [0.4, 0.5) is 4.79 Å². The molecule has 6 nitrogen and oxygen atoms in total. The zero-order chi connectivity index (χ0) is 16.3. The van der Waals surface area contributed by atoms with Crippen molar-refractivity contribution in [3.8, 4) is 0 Å². The van der Waals surface area contributed by atoms with Gasteiger partial charge in [-0.2, -0.15) is 0 Å². The average Bonchev–Trinajstić information content (AvgIpc) is 2.89. The molecule has 2 fully saturated rings. The van der Waals surface area contributed by atoms with Gasteiger partial charge in [0.1, 0.15) is 23.5 Å². The minimum absolute atomic E-state index is 0.0186. The molecule has 0 aromatic rings. The smallest absolute Gasteiger partial charge is 0.411 e. The highest BCUT2D eigenvalue weighted by atomic mass is 16.6. The van der Waals surface area contributed by atoms with Crippen LogP contribution < -0.4 is 0 Å². The van der Waals surface area contributed by atoms with Gasteiger partial charge in [-0.05, 0) is 46.5 Å². The first-order chi connectivity index (χ1) is 10.3. The van der Waals surface area contributed by atoms with Gasteiger partial charge in [0.25, 0.3) is 0 Å². The van der Waals surface area contributed by atoms with E-state index in [2.05, 4.69) is 0 Å². The number of esters is 1. The third kappa shape index (κ3) is 4.45. The van der Waals surface area contributed by atoms with E-state index in [4.69, 9.17) is 9.47 Å². The molecule has 0 radical (unpaired) electrons. The highest BCUT2D eigenvalue weighted by Gasteiger charge is 2.39. The van der Waals surface area contributed by atoms with E-state index in [1.54, 1.807) is 20.8 Å². The second kappa shape index (κ2) is 6.67. The van der Waals surface area contributed by atoms with Crippen LogP contribution in [0.15, 0.2) is 0 Å². The van der Waals surface area contributed by atoms with Gasteiger partial charge in [-0.1, -0.05) is 0 Å². The molecule has 0 spiro atoms. The molecule has 1 amide bonds. The number of carbonyl (C=O) groups excluding carboxylic acids is 3. The van der Waals surface area contributed by atoms with Crippen LogP contribution in [0.3, 0.4) is 0 Å². The molecular weight excluding hydrogens is 286 g/mol. The third-order valence-corrected chi connectivity index (χ3v) is 3.91. The minimum atomic E-state index is -0.850. The van der Waals surface area contributed by atoms with Crippen LogP contribution in [0.5, 0.6) is 0 Å². The van der Waals surface area contributed by atoms with Crippen molar-refractivity contribution in [2.75, 3.05) is 6.54 Å². The summed E-state index contributed by atoms with van der Waals surface area (Å²) >= 11 is 0. The first kappa shape index (κ1) is 16.8. The van der Waals surface area contributed by atoms with Crippen LogP contribution in [0.1, 0.15) is 59.3 Å². The number of hydrogen-bond donors (Lipinski definition) is 0. The lowest BCUT2D eigenvalue weighted by molar-refractivity contribution is -0.158. The van der Waals surface area contributed by atoms with Crippen molar-refractivity contribution in [2.45, 2.75) is 77.0 Å². The maximum atomic E-state index is 12.4. The van der Waals surface area contributed by atoms with Crippen LogP contribution in [0, 0.1) is 0 Å². The maximum absolute atomic E-state index is 12.4. The molecule has 124 valence electrons. The Hall–Kier alpha value is -1.59. The molecule has 0 unspecified atom stereocenters. The summed E-state index contributed by atoms with van der Waals surface area (Å²) in [7, 11) is 0. The van der Waals surface area contributed by atoms with E-state index in [0.717, 1.165) is 25.7 Å². The quantitative estimate of drug-likeness (QED) is 0.732. The molecule has 0 bridgehead atoms. The Morgan fingerprint density at radius 1 is 1.18 bits per heavy atom. The summed E-state index contributed by atoms with van der Waals surface area (Å²) < 4.78 is 10.8. The maximum Gasteiger partial charge on any atom is 0.411 e. The lowest BCUT2D eigenvalue weighted by atomic mass is 10.0. The van der Waals surface area contributed by atoms with Crippen LogP contribution in [0.25, 0.3) is 0 Å². The normalized spacial score (nSPS) is 23.5. The number of piperidine rings is 1. The van der Waals surface area contributed by atoms with Gasteiger partial charge in [0, 0.05) is 19.4 Å². The lowest BCUT2D eigenvalue weighted by Crippen LogP contribution is -2.52. The number of nitrogens with zero attached hydrogens (tertiary/aromatic N) is 1. The SMILES string of the molecule is CC(C)(C)OC(=O)N1CCC(=O)C[C@@H]1C(=O)OC1CCCC1. The summed E-state index contributed by atoms with van der Waals surface area (Å²) in [6, 6.07) is -0.850. The molecule has 1 saturated heterocycles. The summed E-state index contributed by atoms with van der Waals surface area (Å²) in [6.07, 6.45) is 3.46. The van der Waals surface area contributed by atoms with Crippen LogP contribution in [0.2, 0.25) is 0 Å². The van der Waals surface area contributed by atoms with Gasteiger partial charge in [0.05, 0.1) is 0 Å². The average molecular weight is 311 g/mol. The van der Waals surface area contributed by atoms with Gasteiger partial charge in [-0.25, -0.2) is 9.59 Å². The van der Waals surface area contributed by atoms with Gasteiger partial charge in [0.15, 0.2) is 0 Å². The Labute approximate surface area is 131 Å². The molecule has 0 aromatic carbocycles. The molecular formula is C16H25NO5. The zero-order valence-electron chi connectivity index (χ0n) is 13.6. The van der Waals surface area contributed by atoms with Gasteiger partial charge in [-0.3, -0.25) is 9.69 Å². The molecule has 1 aliphatic carbocycles. The van der Waals surface area contributed by atoms with Crippen molar-refractivity contribution in [3.63, 3.8) is 0 Å². The Balaban J connectivity index is 2.03. The standard InChI is InChI=1S/C16H25NO5/c1-16(2,3)22-15(20)17-9-8-11(18)10-13(17)14(19)21-12-6-4-5-7-12/h12-13H,4-10H2,1-3H3/t13-/m1/s1. The fourth-order valence-electron chi connectivity index (χ4n) is 2.83. The van der Waals surface area contributed by atoms with Crippen LogP contribution in [-0.2, 0) is 19.1 Å². The molecule has 1 atom stereocenters. The Kier molecular flexibility index (Phi) is 5.08. The molecule has 2 rings (SSSR count).